The number of carbonyl (C=O) groups is 1. The van der Waals surface area contributed by atoms with Crippen LogP contribution in [0.15, 0.2) is 48.5 Å². The molecule has 1 aromatic heterocycles. The summed E-state index contributed by atoms with van der Waals surface area (Å²) in [5.74, 6) is 0.261. The average molecular weight is 521 g/mol. The number of halogens is 1. The van der Waals surface area contributed by atoms with Crippen molar-refractivity contribution in [2.45, 2.75) is 26.7 Å². The van der Waals surface area contributed by atoms with Crippen LogP contribution in [0.2, 0.25) is 0 Å². The fraction of sp³-hybridized carbons (Fsp3) is 0.190. The number of rotatable bonds is 4. The number of amides is 1. The third kappa shape index (κ3) is 4.95. The molecule has 0 saturated heterocycles. The van der Waals surface area contributed by atoms with Gasteiger partial charge in [-0.05, 0) is 65.3 Å². The van der Waals surface area contributed by atoms with Gasteiger partial charge in [-0.2, -0.15) is 0 Å². The van der Waals surface area contributed by atoms with Crippen molar-refractivity contribution in [3.8, 4) is 11.3 Å². The number of aromatic nitrogens is 1. The van der Waals surface area contributed by atoms with Crippen LogP contribution in [-0.4, -0.2) is 16.0 Å². The smallest absolute Gasteiger partial charge is 0.258 e. The van der Waals surface area contributed by atoms with Crippen LogP contribution < -0.4 is 10.6 Å². The maximum atomic E-state index is 12.4. The summed E-state index contributed by atoms with van der Waals surface area (Å²) in [5.41, 5.74) is 3.89. The van der Waals surface area contributed by atoms with Crippen molar-refractivity contribution in [1.29, 1.82) is 0 Å². The molecule has 0 fully saturated rings. The third-order valence-corrected chi connectivity index (χ3v) is 6.24. The molecule has 1 amide bonds. The first kappa shape index (κ1) is 20.9. The Hall–Kier alpha value is -1.84. The molecule has 28 heavy (non-hydrogen) atoms. The van der Waals surface area contributed by atoms with E-state index >= 15 is 0 Å². The van der Waals surface area contributed by atoms with E-state index in [1.165, 1.54) is 16.9 Å². The van der Waals surface area contributed by atoms with Crippen LogP contribution >= 0.6 is 46.1 Å². The van der Waals surface area contributed by atoms with Crippen molar-refractivity contribution >= 4 is 62.3 Å². The summed E-state index contributed by atoms with van der Waals surface area (Å²) in [4.78, 5) is 18.1. The first-order valence-corrected chi connectivity index (χ1v) is 11.1. The van der Waals surface area contributed by atoms with E-state index in [4.69, 9.17) is 12.2 Å². The fourth-order valence-electron chi connectivity index (χ4n) is 2.69. The molecule has 144 valence electrons. The predicted molar refractivity (Wildman–Crippen MR) is 129 cm³/mol. The van der Waals surface area contributed by atoms with Crippen molar-refractivity contribution in [1.82, 2.24) is 10.3 Å². The second-order valence-electron chi connectivity index (χ2n) is 6.59. The van der Waals surface area contributed by atoms with Crippen LogP contribution in [0.1, 0.15) is 40.6 Å². The van der Waals surface area contributed by atoms with Crippen LogP contribution in [0.25, 0.3) is 11.3 Å². The molecule has 1 heterocycles. The number of thiocarbonyl (C=S) groups is 1. The molecule has 0 radical (unpaired) electrons. The van der Waals surface area contributed by atoms with Gasteiger partial charge in [-0.1, -0.05) is 50.2 Å². The molecule has 3 rings (SSSR count). The third-order valence-electron chi connectivity index (χ3n) is 4.21. The number of nitrogens with zero attached hydrogens (tertiary/aromatic N) is 1. The van der Waals surface area contributed by atoms with Gasteiger partial charge in [0.1, 0.15) is 0 Å². The summed E-state index contributed by atoms with van der Waals surface area (Å²) in [6.07, 6.45) is 0. The van der Waals surface area contributed by atoms with Crippen molar-refractivity contribution < 1.29 is 4.79 Å². The summed E-state index contributed by atoms with van der Waals surface area (Å²) >= 11 is 8.93. The van der Waals surface area contributed by atoms with E-state index in [0.717, 1.165) is 19.7 Å². The van der Waals surface area contributed by atoms with Gasteiger partial charge in [0.2, 0.25) is 0 Å². The molecule has 0 aliphatic carbocycles. The number of benzene rings is 2. The molecular weight excluding hydrogens is 501 g/mol. The minimum absolute atomic E-state index is 0.236. The highest BCUT2D eigenvalue weighted by atomic mass is 127. The van der Waals surface area contributed by atoms with E-state index in [1.54, 1.807) is 6.07 Å². The van der Waals surface area contributed by atoms with Crippen LogP contribution in [0.3, 0.4) is 0 Å². The number of carbonyl (C=O) groups excluding carboxylic acids is 1. The number of anilines is 1. The van der Waals surface area contributed by atoms with Gasteiger partial charge in [0.15, 0.2) is 10.2 Å². The monoisotopic (exact) mass is 521 g/mol. The lowest BCUT2D eigenvalue weighted by atomic mass is 10.0. The number of thiazole rings is 1. The van der Waals surface area contributed by atoms with E-state index in [1.807, 2.05) is 25.1 Å². The Morgan fingerprint density at radius 3 is 2.46 bits per heavy atom. The van der Waals surface area contributed by atoms with Crippen LogP contribution in [-0.2, 0) is 0 Å². The molecule has 2 aromatic carbocycles. The fourth-order valence-corrected chi connectivity index (χ4v) is 4.41. The second-order valence-corrected chi connectivity index (χ2v) is 9.36. The molecule has 7 heteroatoms. The van der Waals surface area contributed by atoms with Crippen molar-refractivity contribution in [2.24, 2.45) is 0 Å². The van der Waals surface area contributed by atoms with Crippen molar-refractivity contribution in [3.63, 3.8) is 0 Å². The van der Waals surface area contributed by atoms with E-state index in [2.05, 4.69) is 76.3 Å². The minimum Gasteiger partial charge on any atom is -0.308 e. The molecule has 0 bridgehead atoms. The molecular formula is C21H20IN3OS2. The Balaban J connectivity index is 1.70. The Kier molecular flexibility index (Phi) is 6.79. The SMILES string of the molecule is Cc1sc(NC(=S)NC(=O)c2ccccc2I)nc1-c1ccc(C(C)C)cc1. The number of aryl methyl sites for hydroxylation is 1. The lowest BCUT2D eigenvalue weighted by Crippen LogP contribution is -2.34. The Bertz CT molecular complexity index is 1010. The zero-order valence-corrected chi connectivity index (χ0v) is 19.5. The molecule has 0 atom stereocenters. The zero-order chi connectivity index (χ0) is 20.3. The lowest BCUT2D eigenvalue weighted by Gasteiger charge is -2.08. The van der Waals surface area contributed by atoms with Crippen LogP contribution in [0.5, 0.6) is 0 Å². The van der Waals surface area contributed by atoms with E-state index in [0.29, 0.717) is 16.6 Å². The lowest BCUT2D eigenvalue weighted by molar-refractivity contribution is 0.0977. The second kappa shape index (κ2) is 9.11. The van der Waals surface area contributed by atoms with Crippen LogP contribution in [0.4, 0.5) is 5.13 Å². The Morgan fingerprint density at radius 2 is 1.82 bits per heavy atom. The van der Waals surface area contributed by atoms with Gasteiger partial charge in [0, 0.05) is 14.0 Å². The number of hydrogen-bond donors (Lipinski definition) is 2. The molecule has 3 aromatic rings. The minimum atomic E-state index is -0.236. The average Bonchev–Trinajstić information content (AvgIpc) is 3.01. The molecule has 0 spiro atoms. The quantitative estimate of drug-likeness (QED) is 0.328. The van der Waals surface area contributed by atoms with Gasteiger partial charge in [-0.3, -0.25) is 10.1 Å². The summed E-state index contributed by atoms with van der Waals surface area (Å²) in [5, 5.41) is 6.64. The molecule has 0 aliphatic rings. The molecule has 4 nitrogen and oxygen atoms in total. The molecule has 0 saturated carbocycles. The molecule has 2 N–H and O–H groups in total. The summed E-state index contributed by atoms with van der Waals surface area (Å²) in [6, 6.07) is 15.8. The van der Waals surface area contributed by atoms with Gasteiger partial charge in [0.25, 0.3) is 5.91 Å². The number of hydrogen-bond acceptors (Lipinski definition) is 4. The Morgan fingerprint density at radius 1 is 1.14 bits per heavy atom. The summed E-state index contributed by atoms with van der Waals surface area (Å²) in [7, 11) is 0. The maximum Gasteiger partial charge on any atom is 0.258 e. The van der Waals surface area contributed by atoms with Gasteiger partial charge in [-0.25, -0.2) is 4.98 Å². The van der Waals surface area contributed by atoms with Gasteiger partial charge < -0.3 is 5.32 Å². The van der Waals surface area contributed by atoms with Gasteiger partial charge >= 0.3 is 0 Å². The van der Waals surface area contributed by atoms with E-state index in [9.17, 15) is 4.79 Å². The maximum absolute atomic E-state index is 12.4. The largest absolute Gasteiger partial charge is 0.308 e. The zero-order valence-electron chi connectivity index (χ0n) is 15.7. The van der Waals surface area contributed by atoms with Gasteiger partial charge in [0.05, 0.1) is 11.3 Å². The van der Waals surface area contributed by atoms with Crippen molar-refractivity contribution in [2.75, 3.05) is 5.32 Å². The summed E-state index contributed by atoms with van der Waals surface area (Å²) < 4.78 is 0.873. The first-order valence-electron chi connectivity index (χ1n) is 8.79. The highest BCUT2D eigenvalue weighted by molar-refractivity contribution is 14.1. The standard InChI is InChI=1S/C21H20IN3OS2/c1-12(2)14-8-10-15(11-9-14)18-13(3)28-21(23-18)25-20(27)24-19(26)16-6-4-5-7-17(16)22/h4-12H,1-3H3,(H2,23,24,25,26,27). The highest BCUT2D eigenvalue weighted by Crippen LogP contribution is 2.31. The normalized spacial score (nSPS) is 10.8. The molecule has 0 unspecified atom stereocenters. The number of nitrogens with one attached hydrogen (secondary N) is 2. The topological polar surface area (TPSA) is 54.0 Å². The highest BCUT2D eigenvalue weighted by Gasteiger charge is 2.14. The van der Waals surface area contributed by atoms with Crippen molar-refractivity contribution in [3.05, 3.63) is 68.1 Å². The van der Waals surface area contributed by atoms with E-state index in [-0.39, 0.29) is 11.0 Å². The van der Waals surface area contributed by atoms with Gasteiger partial charge in [-0.15, -0.1) is 11.3 Å². The Labute approximate surface area is 187 Å². The van der Waals surface area contributed by atoms with E-state index < -0.39 is 0 Å². The summed E-state index contributed by atoms with van der Waals surface area (Å²) in [6.45, 7) is 6.39. The van der Waals surface area contributed by atoms with Crippen LogP contribution in [0, 0.1) is 10.5 Å². The predicted octanol–water partition coefficient (Wildman–Crippen LogP) is 5.97. The first-order chi connectivity index (χ1) is 13.3. The molecule has 0 aliphatic heterocycles.